The first-order valence-corrected chi connectivity index (χ1v) is 11.3. The molecule has 0 aromatic heterocycles. The number of halogens is 5. The number of amides is 2. The van der Waals surface area contributed by atoms with Crippen molar-refractivity contribution in [3.8, 4) is 0 Å². The number of alkyl carbamates (subject to hydrolysis) is 1. The Kier molecular flexibility index (Phi) is 7.59. The number of nitro benzene ring substituents is 1. The Bertz CT molecular complexity index is 1370. The lowest BCUT2D eigenvalue weighted by atomic mass is 9.86. The first-order chi connectivity index (χ1) is 17.8. The number of hydrogen-bond acceptors (Lipinski definition) is 7. The summed E-state index contributed by atoms with van der Waals surface area (Å²) in [5.74, 6) is -3.87. The number of alkyl halides is 3. The van der Waals surface area contributed by atoms with Crippen LogP contribution >= 0.6 is 0 Å². The van der Waals surface area contributed by atoms with Crippen molar-refractivity contribution in [3.63, 3.8) is 0 Å². The summed E-state index contributed by atoms with van der Waals surface area (Å²) in [4.78, 5) is 40.5. The molecule has 2 aromatic rings. The number of carbonyl (C=O) groups is 2. The molecule has 210 valence electrons. The highest BCUT2D eigenvalue weighted by Gasteiger charge is 2.42. The quantitative estimate of drug-likeness (QED) is 0.287. The molecule has 0 aliphatic carbocycles. The van der Waals surface area contributed by atoms with Gasteiger partial charge in [-0.15, -0.1) is 0 Å². The van der Waals surface area contributed by atoms with E-state index in [4.69, 9.17) is 4.74 Å². The SMILES string of the molecule is CN1C(=O)C[C@@](C)(c2cccc(Nc3c([N+](=O)[O-])ccc(F)c3C(F)(F)F)c2F)N=C1NC(=O)OC(C)(C)C. The standard InChI is InChI=1S/C24H24F5N5O5/c1-22(2,3)39-21(36)31-20-32-23(4,11-16(35)33(20)5)12-7-6-8-14(18(12)26)30-19-15(34(37)38)10-9-13(25)17(19)24(27,28)29/h6-10,30H,11H2,1-5H3,(H,31,32,36)/t23-/m0/s1. The van der Waals surface area contributed by atoms with Gasteiger partial charge in [0.05, 0.1) is 22.6 Å². The molecule has 1 aliphatic rings. The summed E-state index contributed by atoms with van der Waals surface area (Å²) in [7, 11) is 1.31. The molecule has 0 unspecified atom stereocenters. The zero-order valence-corrected chi connectivity index (χ0v) is 21.4. The van der Waals surface area contributed by atoms with E-state index < -0.39 is 74.9 Å². The average molecular weight is 557 g/mol. The van der Waals surface area contributed by atoms with Gasteiger partial charge in [-0.05, 0) is 39.8 Å². The average Bonchev–Trinajstić information content (AvgIpc) is 2.76. The predicted octanol–water partition coefficient (Wildman–Crippen LogP) is 5.59. The van der Waals surface area contributed by atoms with E-state index in [2.05, 4.69) is 10.3 Å². The van der Waals surface area contributed by atoms with Crippen LogP contribution in [-0.4, -0.2) is 40.4 Å². The van der Waals surface area contributed by atoms with E-state index in [1.54, 1.807) is 20.8 Å². The summed E-state index contributed by atoms with van der Waals surface area (Å²) in [5, 5.41) is 15.7. The summed E-state index contributed by atoms with van der Waals surface area (Å²) < 4.78 is 75.9. The van der Waals surface area contributed by atoms with Crippen molar-refractivity contribution >= 4 is 35.0 Å². The number of ether oxygens (including phenoxy) is 1. The third-order valence-corrected chi connectivity index (χ3v) is 5.60. The maximum absolute atomic E-state index is 15.8. The van der Waals surface area contributed by atoms with Gasteiger partial charge in [0.15, 0.2) is 5.82 Å². The molecular weight excluding hydrogens is 533 g/mol. The van der Waals surface area contributed by atoms with Crippen LogP contribution in [0.15, 0.2) is 35.3 Å². The third-order valence-electron chi connectivity index (χ3n) is 5.60. The Labute approximate surface area is 219 Å². The lowest BCUT2D eigenvalue weighted by Gasteiger charge is -2.35. The minimum absolute atomic E-state index is 0.277. The number of aliphatic imine (C=N–C) groups is 1. The molecule has 1 atom stereocenters. The van der Waals surface area contributed by atoms with Gasteiger partial charge in [-0.2, -0.15) is 13.2 Å². The van der Waals surface area contributed by atoms with Crippen molar-refractivity contribution in [3.05, 3.63) is 63.2 Å². The van der Waals surface area contributed by atoms with E-state index in [0.29, 0.717) is 6.07 Å². The van der Waals surface area contributed by atoms with E-state index in [1.807, 2.05) is 5.32 Å². The van der Waals surface area contributed by atoms with Crippen molar-refractivity contribution in [1.82, 2.24) is 10.2 Å². The highest BCUT2D eigenvalue weighted by molar-refractivity contribution is 6.05. The first-order valence-electron chi connectivity index (χ1n) is 11.3. The highest BCUT2D eigenvalue weighted by Crippen LogP contribution is 2.44. The zero-order valence-electron chi connectivity index (χ0n) is 21.4. The zero-order chi connectivity index (χ0) is 29.5. The lowest BCUT2D eigenvalue weighted by molar-refractivity contribution is -0.384. The molecular formula is C24H24F5N5O5. The van der Waals surface area contributed by atoms with Crippen LogP contribution in [0.5, 0.6) is 0 Å². The molecule has 3 rings (SSSR count). The fourth-order valence-electron chi connectivity index (χ4n) is 3.84. The molecule has 2 aromatic carbocycles. The summed E-state index contributed by atoms with van der Waals surface area (Å²) in [6.07, 6.45) is -6.71. The Morgan fingerprint density at radius 2 is 1.82 bits per heavy atom. The van der Waals surface area contributed by atoms with Crippen LogP contribution in [0.25, 0.3) is 0 Å². The lowest BCUT2D eigenvalue weighted by Crippen LogP contribution is -2.52. The van der Waals surface area contributed by atoms with Gasteiger partial charge >= 0.3 is 12.3 Å². The number of nitro groups is 1. The summed E-state index contributed by atoms with van der Waals surface area (Å²) in [6, 6.07) is 4.21. The van der Waals surface area contributed by atoms with Crippen LogP contribution in [0, 0.1) is 21.7 Å². The number of anilines is 2. The summed E-state index contributed by atoms with van der Waals surface area (Å²) in [5.41, 5.74) is -7.94. The largest absolute Gasteiger partial charge is 0.444 e. The van der Waals surface area contributed by atoms with Gasteiger partial charge in [0.1, 0.15) is 22.7 Å². The molecule has 0 fully saturated rings. The number of guanidine groups is 1. The smallest absolute Gasteiger partial charge is 0.421 e. The minimum atomic E-state index is -5.36. The first kappa shape index (κ1) is 29.3. The van der Waals surface area contributed by atoms with Gasteiger partial charge in [0, 0.05) is 18.7 Å². The number of benzene rings is 2. The van der Waals surface area contributed by atoms with Crippen LogP contribution in [0.4, 0.5) is 43.8 Å². The molecule has 2 N–H and O–H groups in total. The normalized spacial score (nSPS) is 17.9. The van der Waals surface area contributed by atoms with Gasteiger partial charge in [-0.25, -0.2) is 18.6 Å². The predicted molar refractivity (Wildman–Crippen MR) is 129 cm³/mol. The van der Waals surface area contributed by atoms with Crippen molar-refractivity contribution in [2.24, 2.45) is 4.99 Å². The molecule has 0 saturated heterocycles. The molecule has 15 heteroatoms. The van der Waals surface area contributed by atoms with E-state index in [9.17, 15) is 37.3 Å². The highest BCUT2D eigenvalue weighted by atomic mass is 19.4. The Morgan fingerprint density at radius 1 is 1.18 bits per heavy atom. The maximum Gasteiger partial charge on any atom is 0.421 e. The third kappa shape index (κ3) is 6.23. The molecule has 0 spiro atoms. The Morgan fingerprint density at radius 3 is 2.38 bits per heavy atom. The maximum atomic E-state index is 15.8. The fourth-order valence-corrected chi connectivity index (χ4v) is 3.84. The number of nitrogens with zero attached hydrogens (tertiary/aromatic N) is 3. The van der Waals surface area contributed by atoms with Gasteiger partial charge < -0.3 is 10.1 Å². The number of rotatable bonds is 4. The van der Waals surface area contributed by atoms with Crippen LogP contribution < -0.4 is 10.6 Å². The second-order valence-electron chi connectivity index (χ2n) is 9.83. The second kappa shape index (κ2) is 10.1. The molecule has 0 radical (unpaired) electrons. The molecule has 1 aliphatic heterocycles. The topological polar surface area (TPSA) is 126 Å². The van der Waals surface area contributed by atoms with Gasteiger partial charge in [0.2, 0.25) is 11.9 Å². The molecule has 2 amide bonds. The van der Waals surface area contributed by atoms with E-state index in [0.717, 1.165) is 11.0 Å². The van der Waals surface area contributed by atoms with Crippen LogP contribution in [-0.2, 0) is 21.2 Å². The van der Waals surface area contributed by atoms with E-state index in [1.165, 1.54) is 26.1 Å². The van der Waals surface area contributed by atoms with Gasteiger partial charge in [0.25, 0.3) is 5.69 Å². The van der Waals surface area contributed by atoms with Gasteiger partial charge in [-0.1, -0.05) is 12.1 Å². The fraction of sp³-hybridized carbons (Fsp3) is 0.375. The molecule has 0 saturated carbocycles. The Hall–Kier alpha value is -4.30. The van der Waals surface area contributed by atoms with Crippen molar-refractivity contribution in [1.29, 1.82) is 0 Å². The molecule has 1 heterocycles. The van der Waals surface area contributed by atoms with Gasteiger partial charge in [-0.3, -0.25) is 25.1 Å². The monoisotopic (exact) mass is 557 g/mol. The second-order valence-corrected chi connectivity index (χ2v) is 9.83. The minimum Gasteiger partial charge on any atom is -0.444 e. The van der Waals surface area contributed by atoms with Crippen molar-refractivity contribution in [2.45, 2.75) is 51.4 Å². The van der Waals surface area contributed by atoms with Crippen LogP contribution in [0.2, 0.25) is 0 Å². The van der Waals surface area contributed by atoms with E-state index in [-0.39, 0.29) is 17.6 Å². The Balaban J connectivity index is 2.10. The molecule has 10 nitrogen and oxygen atoms in total. The van der Waals surface area contributed by atoms with Crippen LogP contribution in [0.3, 0.4) is 0 Å². The molecule has 0 bridgehead atoms. The van der Waals surface area contributed by atoms with E-state index >= 15 is 4.39 Å². The number of nitrogens with one attached hydrogen (secondary N) is 2. The number of carbonyl (C=O) groups excluding carboxylic acids is 2. The number of hydrogen-bond donors (Lipinski definition) is 2. The van der Waals surface area contributed by atoms with Crippen molar-refractivity contribution < 1.29 is 41.2 Å². The summed E-state index contributed by atoms with van der Waals surface area (Å²) >= 11 is 0. The van der Waals surface area contributed by atoms with Crippen molar-refractivity contribution in [2.75, 3.05) is 12.4 Å². The summed E-state index contributed by atoms with van der Waals surface area (Å²) in [6.45, 7) is 6.17. The molecule has 39 heavy (non-hydrogen) atoms. The van der Waals surface area contributed by atoms with Crippen LogP contribution in [0.1, 0.15) is 45.2 Å².